The van der Waals surface area contributed by atoms with Gasteiger partial charge in [-0.2, -0.15) is 15.0 Å². The number of rotatable bonds is 4. The Kier molecular flexibility index (Phi) is 3.81. The average Bonchev–Trinajstić information content (AvgIpc) is 2.25. The Morgan fingerprint density at radius 1 is 1.38 bits per heavy atom. The summed E-state index contributed by atoms with van der Waals surface area (Å²) in [6, 6.07) is 0. The minimum Gasteiger partial charge on any atom is -0.368 e. The number of hydrogen-bond acceptors (Lipinski definition) is 7. The molecular weight excluding hydrogens is 210 g/mol. The fraction of sp³-hybridized carbons (Fsp3) is 0.500. The Morgan fingerprint density at radius 3 is 2.62 bits per heavy atom. The van der Waals surface area contributed by atoms with Crippen LogP contribution in [0.2, 0.25) is 0 Å². The van der Waals surface area contributed by atoms with Gasteiger partial charge < -0.3 is 21.3 Å². The summed E-state index contributed by atoms with van der Waals surface area (Å²) in [4.78, 5) is 24.6. The van der Waals surface area contributed by atoms with Crippen molar-refractivity contribution < 1.29 is 4.79 Å². The highest BCUT2D eigenvalue weighted by molar-refractivity contribution is 5.79. The van der Waals surface area contributed by atoms with Crippen LogP contribution in [0.15, 0.2) is 0 Å². The lowest BCUT2D eigenvalue weighted by Gasteiger charge is -2.11. The summed E-state index contributed by atoms with van der Waals surface area (Å²) in [7, 11) is 5.13. The summed E-state index contributed by atoms with van der Waals surface area (Å²) in [5.41, 5.74) is 5.51. The number of carbonyl (C=O) groups excluding carboxylic acids is 1. The Hall–Kier alpha value is -2.12. The van der Waals surface area contributed by atoms with E-state index >= 15 is 0 Å². The highest BCUT2D eigenvalue weighted by atomic mass is 16.1. The Morgan fingerprint density at radius 2 is 2.06 bits per heavy atom. The van der Waals surface area contributed by atoms with Gasteiger partial charge in [0.05, 0.1) is 6.54 Å². The minimum absolute atomic E-state index is 0.0901. The number of nitrogens with zero attached hydrogens (tertiary/aromatic N) is 4. The zero-order valence-electron chi connectivity index (χ0n) is 9.48. The molecule has 0 fully saturated rings. The van der Waals surface area contributed by atoms with E-state index in [-0.39, 0.29) is 24.3 Å². The Labute approximate surface area is 93.3 Å². The van der Waals surface area contributed by atoms with E-state index in [2.05, 4.69) is 25.6 Å². The minimum atomic E-state index is -0.162. The molecule has 16 heavy (non-hydrogen) atoms. The van der Waals surface area contributed by atoms with Gasteiger partial charge in [0.1, 0.15) is 0 Å². The maximum atomic E-state index is 11.0. The van der Waals surface area contributed by atoms with Gasteiger partial charge in [0.15, 0.2) is 0 Å². The second-order valence-corrected chi connectivity index (χ2v) is 3.24. The van der Waals surface area contributed by atoms with Crippen molar-refractivity contribution in [2.45, 2.75) is 0 Å². The molecule has 4 N–H and O–H groups in total. The SMILES string of the molecule is CNC(=O)CNc1nc(N)nc(N(C)C)n1. The summed E-state index contributed by atoms with van der Waals surface area (Å²) in [6.45, 7) is 0.0901. The number of anilines is 3. The van der Waals surface area contributed by atoms with Gasteiger partial charge >= 0.3 is 0 Å². The van der Waals surface area contributed by atoms with Crippen LogP contribution in [0.1, 0.15) is 0 Å². The highest BCUT2D eigenvalue weighted by Crippen LogP contribution is 2.08. The predicted molar refractivity (Wildman–Crippen MR) is 61.1 cm³/mol. The van der Waals surface area contributed by atoms with Gasteiger partial charge in [-0.1, -0.05) is 0 Å². The van der Waals surface area contributed by atoms with E-state index in [0.29, 0.717) is 5.95 Å². The first-order chi connectivity index (χ1) is 7.52. The van der Waals surface area contributed by atoms with Gasteiger partial charge in [0.25, 0.3) is 0 Å². The molecular formula is C8H15N7O. The molecule has 0 aliphatic heterocycles. The van der Waals surface area contributed by atoms with Crippen molar-refractivity contribution in [3.05, 3.63) is 0 Å². The lowest BCUT2D eigenvalue weighted by molar-refractivity contribution is -0.118. The summed E-state index contributed by atoms with van der Waals surface area (Å²) in [6.07, 6.45) is 0. The number of hydrogen-bond donors (Lipinski definition) is 3. The first-order valence-electron chi connectivity index (χ1n) is 4.66. The number of nitrogens with one attached hydrogen (secondary N) is 2. The molecule has 1 heterocycles. The predicted octanol–water partition coefficient (Wildman–Crippen LogP) is -1.32. The molecule has 0 saturated carbocycles. The zero-order chi connectivity index (χ0) is 12.1. The van der Waals surface area contributed by atoms with Crippen molar-refractivity contribution in [2.24, 2.45) is 0 Å². The monoisotopic (exact) mass is 225 g/mol. The van der Waals surface area contributed by atoms with Crippen LogP contribution < -0.4 is 21.3 Å². The van der Waals surface area contributed by atoms with E-state index in [9.17, 15) is 4.79 Å². The molecule has 1 aromatic heterocycles. The largest absolute Gasteiger partial charge is 0.368 e. The van der Waals surface area contributed by atoms with Crippen LogP contribution in [0.25, 0.3) is 0 Å². The van der Waals surface area contributed by atoms with Crippen molar-refractivity contribution in [3.8, 4) is 0 Å². The van der Waals surface area contributed by atoms with Crippen LogP contribution in [-0.2, 0) is 4.79 Å². The number of nitrogen functional groups attached to an aromatic ring is 1. The Bertz CT molecular complexity index is 379. The van der Waals surface area contributed by atoms with Crippen molar-refractivity contribution >= 4 is 23.8 Å². The first-order valence-corrected chi connectivity index (χ1v) is 4.66. The zero-order valence-corrected chi connectivity index (χ0v) is 9.48. The number of carbonyl (C=O) groups is 1. The summed E-state index contributed by atoms with van der Waals surface area (Å²) < 4.78 is 0. The molecule has 0 saturated heterocycles. The molecule has 1 amide bonds. The van der Waals surface area contributed by atoms with Crippen molar-refractivity contribution in [1.29, 1.82) is 0 Å². The summed E-state index contributed by atoms with van der Waals surface area (Å²) >= 11 is 0. The van der Waals surface area contributed by atoms with Crippen LogP contribution in [0.3, 0.4) is 0 Å². The van der Waals surface area contributed by atoms with E-state index in [1.165, 1.54) is 0 Å². The van der Waals surface area contributed by atoms with Crippen LogP contribution in [-0.4, -0.2) is 48.5 Å². The molecule has 1 rings (SSSR count). The van der Waals surface area contributed by atoms with Gasteiger partial charge in [-0.05, 0) is 0 Å². The van der Waals surface area contributed by atoms with Gasteiger partial charge in [-0.3, -0.25) is 4.79 Å². The second-order valence-electron chi connectivity index (χ2n) is 3.24. The van der Waals surface area contributed by atoms with Crippen LogP contribution in [0.4, 0.5) is 17.8 Å². The van der Waals surface area contributed by atoms with E-state index in [4.69, 9.17) is 5.73 Å². The lowest BCUT2D eigenvalue weighted by Crippen LogP contribution is -2.27. The third-order valence-electron chi connectivity index (χ3n) is 1.73. The smallest absolute Gasteiger partial charge is 0.239 e. The number of aromatic nitrogens is 3. The summed E-state index contributed by atoms with van der Waals surface area (Å²) in [5.74, 6) is 0.662. The van der Waals surface area contributed by atoms with Gasteiger partial charge in [0.2, 0.25) is 23.8 Å². The number of amides is 1. The molecule has 0 aromatic carbocycles. The van der Waals surface area contributed by atoms with Crippen molar-refractivity contribution in [1.82, 2.24) is 20.3 Å². The fourth-order valence-corrected chi connectivity index (χ4v) is 0.907. The van der Waals surface area contributed by atoms with E-state index in [1.54, 1.807) is 26.0 Å². The molecule has 0 bridgehead atoms. The van der Waals surface area contributed by atoms with E-state index < -0.39 is 0 Å². The molecule has 88 valence electrons. The third kappa shape index (κ3) is 3.23. The van der Waals surface area contributed by atoms with Crippen LogP contribution in [0.5, 0.6) is 0 Å². The molecule has 0 atom stereocenters. The molecule has 8 heteroatoms. The molecule has 0 unspecified atom stereocenters. The van der Waals surface area contributed by atoms with Gasteiger partial charge in [0, 0.05) is 21.1 Å². The van der Waals surface area contributed by atoms with Gasteiger partial charge in [-0.15, -0.1) is 0 Å². The molecule has 0 spiro atoms. The highest BCUT2D eigenvalue weighted by Gasteiger charge is 2.06. The quantitative estimate of drug-likeness (QED) is 0.583. The third-order valence-corrected chi connectivity index (χ3v) is 1.73. The first kappa shape index (κ1) is 12.0. The molecule has 8 nitrogen and oxygen atoms in total. The number of likely N-dealkylation sites (N-methyl/N-ethyl adjacent to an activating group) is 1. The maximum Gasteiger partial charge on any atom is 0.239 e. The molecule has 0 aliphatic rings. The van der Waals surface area contributed by atoms with Crippen molar-refractivity contribution in [2.75, 3.05) is 43.6 Å². The van der Waals surface area contributed by atoms with Gasteiger partial charge in [-0.25, -0.2) is 0 Å². The normalized spacial score (nSPS) is 9.69. The maximum absolute atomic E-state index is 11.0. The molecule has 0 radical (unpaired) electrons. The van der Waals surface area contributed by atoms with Crippen LogP contribution in [0, 0.1) is 0 Å². The standard InChI is InChI=1S/C8H15N7O/c1-10-5(16)4-11-7-12-6(9)13-8(14-7)15(2)3/h4H2,1-3H3,(H,10,16)(H3,9,11,12,13,14). The van der Waals surface area contributed by atoms with E-state index in [1.807, 2.05) is 0 Å². The molecule has 1 aromatic rings. The Balaban J connectivity index is 2.76. The van der Waals surface area contributed by atoms with Crippen molar-refractivity contribution in [3.63, 3.8) is 0 Å². The van der Waals surface area contributed by atoms with E-state index in [0.717, 1.165) is 0 Å². The lowest BCUT2D eigenvalue weighted by atomic mass is 10.6. The average molecular weight is 225 g/mol. The summed E-state index contributed by atoms with van der Waals surface area (Å²) in [5, 5.41) is 5.22. The molecule has 0 aliphatic carbocycles. The van der Waals surface area contributed by atoms with Crippen LogP contribution >= 0.6 is 0 Å². The second kappa shape index (κ2) is 5.10. The topological polar surface area (TPSA) is 109 Å². The number of nitrogens with two attached hydrogens (primary N) is 1. The fourth-order valence-electron chi connectivity index (χ4n) is 0.907.